The molecule has 0 amide bonds. The standard InChI is InChI=1S/C13H19NO2/c1-13(2)8-11(15)10(12(16)9-13)6-5-7-14(3)4/h5-7H,8-9H2,1-4H3/p+1/b7-5+. The molecule has 0 spiro atoms. The molecule has 88 valence electrons. The summed E-state index contributed by atoms with van der Waals surface area (Å²) in [7, 11) is 3.95. The predicted molar refractivity (Wildman–Crippen MR) is 63.1 cm³/mol. The predicted octanol–water partition coefficient (Wildman–Crippen LogP) is 0.529. The minimum absolute atomic E-state index is 0.0281. The summed E-state index contributed by atoms with van der Waals surface area (Å²) >= 11 is 0. The largest absolute Gasteiger partial charge is 0.314 e. The van der Waals surface area contributed by atoms with Crippen molar-refractivity contribution in [3.8, 4) is 0 Å². The second-order valence-electron chi connectivity index (χ2n) is 5.38. The van der Waals surface area contributed by atoms with Crippen LogP contribution in [0.5, 0.6) is 0 Å². The number of quaternary nitrogens is 1. The van der Waals surface area contributed by atoms with E-state index < -0.39 is 0 Å². The van der Waals surface area contributed by atoms with Crippen LogP contribution in [0.1, 0.15) is 26.7 Å². The van der Waals surface area contributed by atoms with Crippen LogP contribution in [-0.2, 0) is 9.59 Å². The molecule has 0 aromatic rings. The quantitative estimate of drug-likeness (QED) is 0.547. The second kappa shape index (κ2) is 4.74. The van der Waals surface area contributed by atoms with Gasteiger partial charge in [-0.1, -0.05) is 13.8 Å². The van der Waals surface area contributed by atoms with Crippen molar-refractivity contribution in [3.05, 3.63) is 23.9 Å². The zero-order valence-corrected chi connectivity index (χ0v) is 10.5. The first-order valence-corrected chi connectivity index (χ1v) is 5.57. The van der Waals surface area contributed by atoms with E-state index in [4.69, 9.17) is 0 Å². The number of nitrogens with one attached hydrogen (secondary N) is 1. The monoisotopic (exact) mass is 222 g/mol. The molecule has 0 bridgehead atoms. The van der Waals surface area contributed by atoms with Crippen molar-refractivity contribution in [2.45, 2.75) is 26.7 Å². The fraction of sp³-hybridized carbons (Fsp3) is 0.538. The van der Waals surface area contributed by atoms with Crippen LogP contribution in [0.4, 0.5) is 0 Å². The molecular formula is C13H20NO2+. The number of ketones is 2. The van der Waals surface area contributed by atoms with E-state index in [1.807, 2.05) is 34.1 Å². The highest BCUT2D eigenvalue weighted by Crippen LogP contribution is 2.33. The summed E-state index contributed by atoms with van der Waals surface area (Å²) in [6.45, 7) is 3.92. The number of Topliss-reactive ketones (excluding diaryl/α,β-unsaturated/α-hetero) is 2. The lowest BCUT2D eigenvalue weighted by Crippen LogP contribution is -3.00. The lowest BCUT2D eigenvalue weighted by molar-refractivity contribution is -0.801. The van der Waals surface area contributed by atoms with Gasteiger partial charge in [0.1, 0.15) is 0 Å². The van der Waals surface area contributed by atoms with Crippen molar-refractivity contribution in [1.82, 2.24) is 0 Å². The molecule has 1 N–H and O–H groups in total. The first-order valence-electron chi connectivity index (χ1n) is 5.57. The van der Waals surface area contributed by atoms with Crippen LogP contribution < -0.4 is 4.90 Å². The van der Waals surface area contributed by atoms with Crippen molar-refractivity contribution in [1.29, 1.82) is 0 Å². The van der Waals surface area contributed by atoms with E-state index in [0.29, 0.717) is 18.4 Å². The Morgan fingerprint density at radius 2 is 1.62 bits per heavy atom. The molecule has 0 atom stereocenters. The molecule has 16 heavy (non-hydrogen) atoms. The van der Waals surface area contributed by atoms with Gasteiger partial charge in [0.25, 0.3) is 0 Å². The normalized spacial score (nSPS) is 20.9. The summed E-state index contributed by atoms with van der Waals surface area (Å²) in [5, 5.41) is 0. The number of rotatable bonds is 2. The molecule has 1 aliphatic carbocycles. The SMILES string of the molecule is C[NH+](C)/C=C/C=C1C(=O)CC(C)(C)CC1=O. The van der Waals surface area contributed by atoms with Crippen molar-refractivity contribution >= 4 is 11.6 Å². The third kappa shape index (κ3) is 3.42. The van der Waals surface area contributed by atoms with Crippen molar-refractivity contribution in [2.75, 3.05) is 14.1 Å². The van der Waals surface area contributed by atoms with Crippen LogP contribution in [-0.4, -0.2) is 25.7 Å². The molecule has 0 unspecified atom stereocenters. The zero-order valence-electron chi connectivity index (χ0n) is 10.5. The number of hydrogen-bond donors (Lipinski definition) is 1. The van der Waals surface area contributed by atoms with E-state index in [0.717, 1.165) is 4.90 Å². The molecule has 1 fully saturated rings. The average molecular weight is 222 g/mol. The maximum atomic E-state index is 11.8. The number of carbonyl (C=O) groups excluding carboxylic acids is 2. The minimum Gasteiger partial charge on any atom is -0.314 e. The third-order valence-corrected chi connectivity index (χ3v) is 2.57. The number of hydrogen-bond acceptors (Lipinski definition) is 2. The van der Waals surface area contributed by atoms with Gasteiger partial charge in [-0.2, -0.15) is 0 Å². The van der Waals surface area contributed by atoms with Gasteiger partial charge in [-0.15, -0.1) is 0 Å². The first-order chi connectivity index (χ1) is 7.32. The summed E-state index contributed by atoms with van der Waals surface area (Å²) in [4.78, 5) is 24.7. The number of allylic oxidation sites excluding steroid dienone is 3. The molecule has 0 heterocycles. The highest BCUT2D eigenvalue weighted by Gasteiger charge is 2.35. The lowest BCUT2D eigenvalue weighted by atomic mass is 9.74. The Balaban J connectivity index is 2.83. The van der Waals surface area contributed by atoms with Crippen molar-refractivity contribution in [3.63, 3.8) is 0 Å². The number of carbonyl (C=O) groups is 2. The van der Waals surface area contributed by atoms with Crippen molar-refractivity contribution in [2.24, 2.45) is 5.41 Å². The molecule has 0 aliphatic heterocycles. The topological polar surface area (TPSA) is 38.6 Å². The molecule has 0 radical (unpaired) electrons. The van der Waals surface area contributed by atoms with Gasteiger partial charge < -0.3 is 4.90 Å². The van der Waals surface area contributed by atoms with Gasteiger partial charge in [0.2, 0.25) is 0 Å². The Labute approximate surface area is 96.8 Å². The average Bonchev–Trinajstić information content (AvgIpc) is 2.07. The third-order valence-electron chi connectivity index (χ3n) is 2.57. The van der Waals surface area contributed by atoms with Gasteiger partial charge in [-0.3, -0.25) is 9.59 Å². The van der Waals surface area contributed by atoms with Crippen LogP contribution >= 0.6 is 0 Å². The van der Waals surface area contributed by atoms with Crippen molar-refractivity contribution < 1.29 is 14.5 Å². The Morgan fingerprint density at radius 1 is 1.12 bits per heavy atom. The van der Waals surface area contributed by atoms with E-state index in [2.05, 4.69) is 0 Å². The maximum absolute atomic E-state index is 11.8. The summed E-state index contributed by atoms with van der Waals surface area (Å²) in [6.07, 6.45) is 6.25. The smallest absolute Gasteiger partial charge is 0.166 e. The van der Waals surface area contributed by atoms with Crippen LogP contribution in [0.2, 0.25) is 0 Å². The van der Waals surface area contributed by atoms with Gasteiger partial charge in [-0.05, 0) is 17.6 Å². The van der Waals surface area contributed by atoms with Gasteiger partial charge in [0.15, 0.2) is 11.6 Å². The second-order valence-corrected chi connectivity index (χ2v) is 5.38. The molecule has 3 heteroatoms. The Bertz CT molecular complexity index is 340. The molecule has 0 saturated heterocycles. The Morgan fingerprint density at radius 3 is 2.06 bits per heavy atom. The van der Waals surface area contributed by atoms with E-state index in [1.54, 1.807) is 12.2 Å². The van der Waals surface area contributed by atoms with Crippen LogP contribution in [0.25, 0.3) is 0 Å². The Kier molecular flexibility index (Phi) is 3.81. The lowest BCUT2D eigenvalue weighted by Gasteiger charge is -2.28. The van der Waals surface area contributed by atoms with Crippen LogP contribution in [0, 0.1) is 5.41 Å². The van der Waals surface area contributed by atoms with E-state index in [9.17, 15) is 9.59 Å². The highest BCUT2D eigenvalue weighted by atomic mass is 16.1. The van der Waals surface area contributed by atoms with Gasteiger partial charge in [-0.25, -0.2) is 0 Å². The van der Waals surface area contributed by atoms with Crippen LogP contribution in [0.3, 0.4) is 0 Å². The molecule has 0 aromatic heterocycles. The fourth-order valence-electron chi connectivity index (χ4n) is 1.80. The molecule has 1 saturated carbocycles. The Hall–Kier alpha value is -1.22. The summed E-state index contributed by atoms with van der Waals surface area (Å²) < 4.78 is 0. The molecular weight excluding hydrogens is 202 g/mol. The fourth-order valence-corrected chi connectivity index (χ4v) is 1.80. The molecule has 3 nitrogen and oxygen atoms in total. The molecule has 1 aliphatic rings. The van der Waals surface area contributed by atoms with Crippen LogP contribution in [0.15, 0.2) is 23.9 Å². The zero-order chi connectivity index (χ0) is 12.3. The summed E-state index contributed by atoms with van der Waals surface area (Å²) in [5.41, 5.74) is 0.180. The summed E-state index contributed by atoms with van der Waals surface area (Å²) in [5.74, 6) is -0.0562. The van der Waals surface area contributed by atoms with E-state index >= 15 is 0 Å². The molecule has 1 rings (SSSR count). The molecule has 0 aromatic carbocycles. The van der Waals surface area contributed by atoms with E-state index in [-0.39, 0.29) is 17.0 Å². The van der Waals surface area contributed by atoms with Gasteiger partial charge >= 0.3 is 0 Å². The first kappa shape index (κ1) is 12.8. The minimum atomic E-state index is -0.179. The van der Waals surface area contributed by atoms with Gasteiger partial charge in [0, 0.05) is 12.8 Å². The van der Waals surface area contributed by atoms with Gasteiger partial charge in [0.05, 0.1) is 25.9 Å². The van der Waals surface area contributed by atoms with E-state index in [1.165, 1.54) is 0 Å². The summed E-state index contributed by atoms with van der Waals surface area (Å²) in [6, 6.07) is 0. The highest BCUT2D eigenvalue weighted by molar-refractivity contribution is 6.22. The maximum Gasteiger partial charge on any atom is 0.166 e.